The number of nitrogens with two attached hydrogens (primary N) is 1. The second kappa shape index (κ2) is 4.66. The molecule has 0 amide bonds. The number of rotatable bonds is 2. The predicted molar refractivity (Wildman–Crippen MR) is 81.8 cm³/mol. The lowest BCUT2D eigenvalue weighted by atomic mass is 10.1. The molecule has 2 N–H and O–H groups in total. The van der Waals surface area contributed by atoms with Gasteiger partial charge in [-0.1, -0.05) is 0 Å². The minimum atomic E-state index is -0.315. The van der Waals surface area contributed by atoms with Gasteiger partial charge in [-0.05, 0) is 26.8 Å². The van der Waals surface area contributed by atoms with Crippen LogP contribution in [0, 0.1) is 0 Å². The molecule has 0 aliphatic carbocycles. The second-order valence-corrected chi connectivity index (χ2v) is 6.27. The Balaban J connectivity index is 2.22. The Morgan fingerprint density at radius 1 is 1.24 bits per heavy atom. The fourth-order valence-corrected chi connectivity index (χ4v) is 2.61. The van der Waals surface area contributed by atoms with Crippen LogP contribution in [0.1, 0.15) is 38.2 Å². The number of aromatic nitrogens is 5. The van der Waals surface area contributed by atoms with Crippen molar-refractivity contribution < 1.29 is 0 Å². The molecule has 110 valence electrons. The maximum atomic E-state index is 6.43. The van der Waals surface area contributed by atoms with Gasteiger partial charge in [0.25, 0.3) is 0 Å². The quantitative estimate of drug-likeness (QED) is 0.780. The third kappa shape index (κ3) is 2.31. The molecule has 3 aromatic heterocycles. The van der Waals surface area contributed by atoms with Crippen molar-refractivity contribution in [2.75, 3.05) is 0 Å². The van der Waals surface area contributed by atoms with Gasteiger partial charge in [0.15, 0.2) is 0 Å². The minimum Gasteiger partial charge on any atom is -0.321 e. The van der Waals surface area contributed by atoms with Crippen LogP contribution in [0.25, 0.3) is 11.0 Å². The molecular formula is C15H20N6. The molecule has 21 heavy (non-hydrogen) atoms. The molecule has 0 saturated heterocycles. The van der Waals surface area contributed by atoms with Crippen LogP contribution in [0.2, 0.25) is 0 Å². The summed E-state index contributed by atoms with van der Waals surface area (Å²) < 4.78 is 3.93. The highest BCUT2D eigenvalue weighted by atomic mass is 15.2. The third-order valence-electron chi connectivity index (χ3n) is 3.52. The molecule has 0 radical (unpaired) electrons. The molecule has 0 aliphatic rings. The van der Waals surface area contributed by atoms with E-state index in [-0.39, 0.29) is 11.6 Å². The second-order valence-electron chi connectivity index (χ2n) is 6.27. The van der Waals surface area contributed by atoms with E-state index in [4.69, 9.17) is 10.7 Å². The molecule has 6 heteroatoms. The van der Waals surface area contributed by atoms with E-state index in [1.807, 2.05) is 19.3 Å². The van der Waals surface area contributed by atoms with Gasteiger partial charge in [0.1, 0.15) is 11.3 Å². The standard InChI is InChI=1S/C15H20N6/c1-15(2,3)21-12-5-6-17-8-11(12)19-14(21)13(16)10-7-18-20(4)9-10/h5-9,13H,16H2,1-4H3. The predicted octanol–water partition coefficient (Wildman–Crippen LogP) is 1.97. The van der Waals surface area contributed by atoms with E-state index < -0.39 is 0 Å². The number of hydrogen-bond acceptors (Lipinski definition) is 4. The van der Waals surface area contributed by atoms with Crippen LogP contribution in [0.15, 0.2) is 30.9 Å². The fourth-order valence-electron chi connectivity index (χ4n) is 2.61. The number of nitrogens with zero attached hydrogens (tertiary/aromatic N) is 5. The van der Waals surface area contributed by atoms with Gasteiger partial charge in [-0.25, -0.2) is 4.98 Å². The summed E-state index contributed by atoms with van der Waals surface area (Å²) in [6.45, 7) is 6.44. The Bertz CT molecular complexity index is 777. The zero-order valence-electron chi connectivity index (χ0n) is 12.8. The van der Waals surface area contributed by atoms with E-state index in [0.717, 1.165) is 22.4 Å². The number of hydrogen-bond donors (Lipinski definition) is 1. The first-order chi connectivity index (χ1) is 9.88. The zero-order chi connectivity index (χ0) is 15.2. The van der Waals surface area contributed by atoms with E-state index >= 15 is 0 Å². The highest BCUT2D eigenvalue weighted by Crippen LogP contribution is 2.29. The normalized spacial score (nSPS) is 13.8. The topological polar surface area (TPSA) is 74.6 Å². The summed E-state index contributed by atoms with van der Waals surface area (Å²) in [6.07, 6.45) is 7.27. The van der Waals surface area contributed by atoms with Crippen molar-refractivity contribution in [3.63, 3.8) is 0 Å². The van der Waals surface area contributed by atoms with Crippen molar-refractivity contribution in [1.82, 2.24) is 24.3 Å². The van der Waals surface area contributed by atoms with Crippen molar-refractivity contribution in [3.8, 4) is 0 Å². The van der Waals surface area contributed by atoms with Gasteiger partial charge in [-0.3, -0.25) is 9.67 Å². The number of aryl methyl sites for hydroxylation is 1. The van der Waals surface area contributed by atoms with Crippen molar-refractivity contribution in [3.05, 3.63) is 42.2 Å². The first-order valence-electron chi connectivity index (χ1n) is 6.95. The van der Waals surface area contributed by atoms with Gasteiger partial charge >= 0.3 is 0 Å². The van der Waals surface area contributed by atoms with E-state index in [1.165, 1.54) is 0 Å². The molecule has 0 aromatic carbocycles. The number of fused-ring (bicyclic) bond motifs is 1. The molecule has 1 unspecified atom stereocenters. The number of pyridine rings is 1. The maximum Gasteiger partial charge on any atom is 0.132 e. The van der Waals surface area contributed by atoms with Crippen LogP contribution >= 0.6 is 0 Å². The van der Waals surface area contributed by atoms with Crippen LogP contribution in [-0.2, 0) is 12.6 Å². The van der Waals surface area contributed by atoms with Crippen LogP contribution < -0.4 is 5.73 Å². The molecule has 3 rings (SSSR count). The van der Waals surface area contributed by atoms with E-state index in [0.29, 0.717) is 0 Å². The van der Waals surface area contributed by atoms with Gasteiger partial charge in [0.05, 0.1) is 24.0 Å². The van der Waals surface area contributed by atoms with E-state index in [1.54, 1.807) is 23.3 Å². The Hall–Kier alpha value is -2.21. The van der Waals surface area contributed by atoms with Crippen molar-refractivity contribution in [2.45, 2.75) is 32.4 Å². The Labute approximate surface area is 123 Å². The molecule has 3 heterocycles. The summed E-state index contributed by atoms with van der Waals surface area (Å²) in [7, 11) is 1.88. The molecule has 0 spiro atoms. The molecule has 1 atom stereocenters. The molecule has 3 aromatic rings. The van der Waals surface area contributed by atoms with Gasteiger partial charge in [-0.15, -0.1) is 0 Å². The van der Waals surface area contributed by atoms with Gasteiger partial charge < -0.3 is 10.3 Å². The largest absolute Gasteiger partial charge is 0.321 e. The smallest absolute Gasteiger partial charge is 0.132 e. The lowest BCUT2D eigenvalue weighted by molar-refractivity contribution is 0.389. The summed E-state index contributed by atoms with van der Waals surface area (Å²) in [4.78, 5) is 8.86. The highest BCUT2D eigenvalue weighted by molar-refractivity contribution is 5.75. The first kappa shape index (κ1) is 13.8. The van der Waals surface area contributed by atoms with Crippen LogP contribution in [0.4, 0.5) is 0 Å². The van der Waals surface area contributed by atoms with Gasteiger partial charge in [0, 0.05) is 30.5 Å². The summed E-state index contributed by atoms with van der Waals surface area (Å²) in [5, 5.41) is 4.20. The summed E-state index contributed by atoms with van der Waals surface area (Å²) >= 11 is 0. The Kier molecular flexibility index (Phi) is 3.06. The molecule has 0 aliphatic heterocycles. The lowest BCUT2D eigenvalue weighted by Crippen LogP contribution is -2.28. The summed E-state index contributed by atoms with van der Waals surface area (Å²) in [6, 6.07) is 1.66. The lowest BCUT2D eigenvalue weighted by Gasteiger charge is -2.26. The molecular weight excluding hydrogens is 264 g/mol. The average Bonchev–Trinajstić information content (AvgIpc) is 3.00. The Morgan fingerprint density at radius 3 is 2.62 bits per heavy atom. The maximum absolute atomic E-state index is 6.43. The van der Waals surface area contributed by atoms with Crippen LogP contribution in [-0.4, -0.2) is 24.3 Å². The van der Waals surface area contributed by atoms with E-state index in [9.17, 15) is 0 Å². The third-order valence-corrected chi connectivity index (χ3v) is 3.52. The van der Waals surface area contributed by atoms with Gasteiger partial charge in [-0.2, -0.15) is 5.10 Å². The first-order valence-corrected chi connectivity index (χ1v) is 6.95. The molecule has 0 fully saturated rings. The zero-order valence-corrected chi connectivity index (χ0v) is 12.8. The van der Waals surface area contributed by atoms with Crippen molar-refractivity contribution >= 4 is 11.0 Å². The fraction of sp³-hybridized carbons (Fsp3) is 0.400. The summed E-state index contributed by atoms with van der Waals surface area (Å²) in [5.41, 5.74) is 9.18. The molecule has 6 nitrogen and oxygen atoms in total. The van der Waals surface area contributed by atoms with Crippen LogP contribution in [0.5, 0.6) is 0 Å². The molecule has 0 saturated carbocycles. The minimum absolute atomic E-state index is 0.120. The summed E-state index contributed by atoms with van der Waals surface area (Å²) in [5.74, 6) is 0.832. The highest BCUT2D eigenvalue weighted by Gasteiger charge is 2.26. The van der Waals surface area contributed by atoms with Gasteiger partial charge in [0.2, 0.25) is 0 Å². The number of imidazole rings is 1. The molecule has 0 bridgehead atoms. The van der Waals surface area contributed by atoms with Crippen LogP contribution in [0.3, 0.4) is 0 Å². The average molecular weight is 284 g/mol. The monoisotopic (exact) mass is 284 g/mol. The van der Waals surface area contributed by atoms with E-state index in [2.05, 4.69) is 35.4 Å². The Morgan fingerprint density at radius 2 is 2.00 bits per heavy atom. The van der Waals surface area contributed by atoms with Crippen molar-refractivity contribution in [2.24, 2.45) is 12.8 Å². The SMILES string of the molecule is Cn1cc(C(N)c2nc3cnccc3n2C(C)(C)C)cn1. The van der Waals surface area contributed by atoms with Crippen molar-refractivity contribution in [1.29, 1.82) is 0 Å².